The minimum absolute atomic E-state index is 0.168. The zero-order valence-corrected chi connectivity index (χ0v) is 15.0. The summed E-state index contributed by atoms with van der Waals surface area (Å²) in [6.45, 7) is 0.804. The maximum atomic E-state index is 12.1. The summed E-state index contributed by atoms with van der Waals surface area (Å²) >= 11 is 5.16. The molecule has 0 saturated heterocycles. The fourth-order valence-electron chi connectivity index (χ4n) is 2.38. The Hall–Kier alpha value is -3.00. The van der Waals surface area contributed by atoms with Gasteiger partial charge >= 0.3 is 0 Å². The van der Waals surface area contributed by atoms with E-state index in [4.69, 9.17) is 26.4 Å². The van der Waals surface area contributed by atoms with Crippen LogP contribution in [-0.2, 0) is 6.42 Å². The lowest BCUT2D eigenvalue weighted by molar-refractivity contribution is 0.0943. The Balaban J connectivity index is 1.40. The summed E-state index contributed by atoms with van der Waals surface area (Å²) < 4.78 is 15.6. The number of methoxy groups -OCH3 is 1. The third-order valence-electron chi connectivity index (χ3n) is 3.78. The minimum atomic E-state index is -0.317. The topological polar surface area (TPSA) is 80.9 Å². The molecule has 0 spiro atoms. The molecule has 1 aliphatic rings. The number of carbonyl (C=O) groups excluding carboxylic acids is 1. The molecular formula is C18H19N3O4S. The highest BCUT2D eigenvalue weighted by Gasteiger charge is 2.16. The highest BCUT2D eigenvalue weighted by molar-refractivity contribution is 7.80. The Morgan fingerprint density at radius 3 is 2.65 bits per heavy atom. The molecule has 2 aromatic carbocycles. The molecule has 3 N–H and O–H groups in total. The first-order chi connectivity index (χ1) is 12.7. The number of hydrazine groups is 1. The normalized spacial score (nSPS) is 11.6. The Bertz CT molecular complexity index is 796. The molecule has 7 nitrogen and oxygen atoms in total. The molecule has 26 heavy (non-hydrogen) atoms. The first kappa shape index (κ1) is 17.8. The lowest BCUT2D eigenvalue weighted by Gasteiger charge is -2.12. The predicted octanol–water partition coefficient (Wildman–Crippen LogP) is 1.78. The van der Waals surface area contributed by atoms with Crippen LogP contribution in [0, 0.1) is 0 Å². The second-order valence-electron chi connectivity index (χ2n) is 5.50. The van der Waals surface area contributed by atoms with E-state index in [0.29, 0.717) is 28.7 Å². The summed E-state index contributed by atoms with van der Waals surface area (Å²) in [6.07, 6.45) is 0.794. The third-order valence-corrected chi connectivity index (χ3v) is 4.03. The van der Waals surface area contributed by atoms with Gasteiger partial charge in [0.1, 0.15) is 5.75 Å². The number of fused-ring (bicyclic) bond motifs is 1. The molecule has 0 aromatic heterocycles. The van der Waals surface area contributed by atoms with Crippen molar-refractivity contribution in [3.63, 3.8) is 0 Å². The number of carbonyl (C=O) groups is 1. The van der Waals surface area contributed by atoms with Gasteiger partial charge in [0.2, 0.25) is 6.79 Å². The van der Waals surface area contributed by atoms with E-state index in [1.165, 1.54) is 0 Å². The average molecular weight is 373 g/mol. The van der Waals surface area contributed by atoms with Crippen molar-refractivity contribution in [2.75, 3.05) is 20.4 Å². The summed E-state index contributed by atoms with van der Waals surface area (Å²) in [5, 5.41) is 3.38. The molecule has 0 saturated carbocycles. The van der Waals surface area contributed by atoms with Gasteiger partial charge in [-0.1, -0.05) is 12.1 Å². The van der Waals surface area contributed by atoms with E-state index in [2.05, 4.69) is 16.2 Å². The smallest absolute Gasteiger partial charge is 0.269 e. The molecule has 1 aliphatic heterocycles. The lowest BCUT2D eigenvalue weighted by atomic mass is 10.1. The van der Waals surface area contributed by atoms with Gasteiger partial charge in [0, 0.05) is 12.1 Å². The Labute approximate surface area is 156 Å². The van der Waals surface area contributed by atoms with Crippen molar-refractivity contribution in [2.45, 2.75) is 6.42 Å². The summed E-state index contributed by atoms with van der Waals surface area (Å²) in [5.41, 5.74) is 6.83. The summed E-state index contributed by atoms with van der Waals surface area (Å²) in [7, 11) is 1.64. The number of amides is 1. The highest BCUT2D eigenvalue weighted by atomic mass is 32.1. The first-order valence-corrected chi connectivity index (χ1v) is 8.43. The third kappa shape index (κ3) is 4.54. The van der Waals surface area contributed by atoms with Gasteiger partial charge < -0.3 is 19.5 Å². The van der Waals surface area contributed by atoms with E-state index >= 15 is 0 Å². The van der Waals surface area contributed by atoms with E-state index in [1.807, 2.05) is 24.3 Å². The fraction of sp³-hybridized carbons (Fsp3) is 0.222. The molecule has 1 amide bonds. The van der Waals surface area contributed by atoms with E-state index in [1.54, 1.807) is 25.3 Å². The van der Waals surface area contributed by atoms with Crippen molar-refractivity contribution >= 4 is 23.2 Å². The lowest BCUT2D eigenvalue weighted by Crippen LogP contribution is -2.47. The number of hydrogen-bond acceptors (Lipinski definition) is 5. The molecule has 8 heteroatoms. The van der Waals surface area contributed by atoms with Crippen molar-refractivity contribution < 1.29 is 19.0 Å². The molecule has 0 bridgehead atoms. The molecule has 2 aromatic rings. The number of rotatable bonds is 5. The quantitative estimate of drug-likeness (QED) is 0.544. The van der Waals surface area contributed by atoms with Gasteiger partial charge in [-0.05, 0) is 54.5 Å². The van der Waals surface area contributed by atoms with Crippen molar-refractivity contribution in [3.05, 3.63) is 53.6 Å². The standard InChI is InChI=1S/C18H19N3O4S/c1-23-14-5-2-12(3-6-14)8-9-19-18(26)21-20-17(22)13-4-7-15-16(10-13)25-11-24-15/h2-7,10H,8-9,11H2,1H3,(H,20,22)(H2,19,21,26). The number of nitrogens with one attached hydrogen (secondary N) is 3. The van der Waals surface area contributed by atoms with Crippen molar-refractivity contribution in [3.8, 4) is 17.2 Å². The van der Waals surface area contributed by atoms with E-state index in [0.717, 1.165) is 17.7 Å². The van der Waals surface area contributed by atoms with Gasteiger partial charge in [0.15, 0.2) is 16.6 Å². The van der Waals surface area contributed by atoms with Crippen molar-refractivity contribution in [2.24, 2.45) is 0 Å². The predicted molar refractivity (Wildman–Crippen MR) is 100 cm³/mol. The zero-order chi connectivity index (χ0) is 18.4. The molecule has 0 radical (unpaired) electrons. The monoisotopic (exact) mass is 373 g/mol. The van der Waals surface area contributed by atoms with Crippen LogP contribution in [-0.4, -0.2) is 31.5 Å². The van der Waals surface area contributed by atoms with Gasteiger partial charge in [-0.15, -0.1) is 0 Å². The molecule has 136 valence electrons. The van der Waals surface area contributed by atoms with E-state index in [-0.39, 0.29) is 12.7 Å². The van der Waals surface area contributed by atoms with Crippen molar-refractivity contribution in [1.82, 2.24) is 16.2 Å². The van der Waals surface area contributed by atoms with E-state index in [9.17, 15) is 4.79 Å². The molecule has 3 rings (SSSR count). The van der Waals surface area contributed by atoms with Gasteiger partial charge in [-0.25, -0.2) is 0 Å². The molecule has 0 fully saturated rings. The van der Waals surface area contributed by atoms with Crippen LogP contribution < -0.4 is 30.4 Å². The van der Waals surface area contributed by atoms with Crippen LogP contribution in [0.5, 0.6) is 17.2 Å². The van der Waals surface area contributed by atoms with Crippen molar-refractivity contribution in [1.29, 1.82) is 0 Å². The second-order valence-corrected chi connectivity index (χ2v) is 5.91. The zero-order valence-electron chi connectivity index (χ0n) is 14.2. The van der Waals surface area contributed by atoms with Crippen LogP contribution in [0.2, 0.25) is 0 Å². The maximum Gasteiger partial charge on any atom is 0.269 e. The van der Waals surface area contributed by atoms with Gasteiger partial charge in [-0.3, -0.25) is 15.6 Å². The summed E-state index contributed by atoms with van der Waals surface area (Å²) in [5.74, 6) is 1.69. The number of hydrogen-bond donors (Lipinski definition) is 3. The largest absolute Gasteiger partial charge is 0.497 e. The summed E-state index contributed by atoms with van der Waals surface area (Å²) in [6, 6.07) is 12.8. The number of ether oxygens (including phenoxy) is 3. The van der Waals surface area contributed by atoms with E-state index < -0.39 is 0 Å². The van der Waals surface area contributed by atoms with Crippen LogP contribution in [0.1, 0.15) is 15.9 Å². The Kier molecular flexibility index (Phi) is 5.75. The first-order valence-electron chi connectivity index (χ1n) is 8.02. The van der Waals surface area contributed by atoms with Crippen LogP contribution >= 0.6 is 12.2 Å². The molecule has 0 aliphatic carbocycles. The number of thiocarbonyl (C=S) groups is 1. The molecule has 1 heterocycles. The van der Waals surface area contributed by atoms with Gasteiger partial charge in [0.25, 0.3) is 5.91 Å². The fourth-order valence-corrected chi connectivity index (χ4v) is 2.53. The highest BCUT2D eigenvalue weighted by Crippen LogP contribution is 2.32. The minimum Gasteiger partial charge on any atom is -0.497 e. The maximum absolute atomic E-state index is 12.1. The molecule has 0 atom stereocenters. The van der Waals surface area contributed by atoms with Crippen LogP contribution in [0.15, 0.2) is 42.5 Å². The number of benzene rings is 2. The Morgan fingerprint density at radius 1 is 1.12 bits per heavy atom. The Morgan fingerprint density at radius 2 is 1.88 bits per heavy atom. The molecular weight excluding hydrogens is 354 g/mol. The van der Waals surface area contributed by atoms with Crippen LogP contribution in [0.25, 0.3) is 0 Å². The second kappa shape index (κ2) is 8.39. The average Bonchev–Trinajstić information content (AvgIpc) is 3.14. The SMILES string of the molecule is COc1ccc(CCNC(=S)NNC(=O)c2ccc3c(c2)OCO3)cc1. The van der Waals surface area contributed by atoms with Gasteiger partial charge in [0.05, 0.1) is 7.11 Å². The van der Waals surface area contributed by atoms with Gasteiger partial charge in [-0.2, -0.15) is 0 Å². The molecule has 0 unspecified atom stereocenters. The van der Waals surface area contributed by atoms with Crippen LogP contribution in [0.4, 0.5) is 0 Å². The van der Waals surface area contributed by atoms with Crippen LogP contribution in [0.3, 0.4) is 0 Å². The summed E-state index contributed by atoms with van der Waals surface area (Å²) in [4.78, 5) is 12.1.